The Morgan fingerprint density at radius 2 is 1.93 bits per heavy atom. The van der Waals surface area contributed by atoms with Crippen LogP contribution in [0.5, 0.6) is 5.75 Å². The average Bonchev–Trinajstić information content (AvgIpc) is 2.68. The second-order valence-corrected chi connectivity index (χ2v) is 6.81. The number of benzene rings is 2. The van der Waals surface area contributed by atoms with Crippen LogP contribution in [0.25, 0.3) is 0 Å². The van der Waals surface area contributed by atoms with Gasteiger partial charge in [0.25, 0.3) is 11.8 Å². The molecular formula is C21H23FN2O3. The number of ether oxygens (including phenoxy) is 1. The molecule has 2 amide bonds. The molecule has 1 aliphatic rings. The zero-order valence-electron chi connectivity index (χ0n) is 15.3. The van der Waals surface area contributed by atoms with Crippen LogP contribution in [0, 0.1) is 11.7 Å². The van der Waals surface area contributed by atoms with Crippen LogP contribution in [0.2, 0.25) is 0 Å². The maximum atomic E-state index is 13.6. The highest BCUT2D eigenvalue weighted by molar-refractivity contribution is 5.97. The topological polar surface area (TPSA) is 58.6 Å². The zero-order valence-corrected chi connectivity index (χ0v) is 15.3. The number of anilines is 1. The van der Waals surface area contributed by atoms with Gasteiger partial charge >= 0.3 is 0 Å². The van der Waals surface area contributed by atoms with Crippen LogP contribution in [0.3, 0.4) is 0 Å². The van der Waals surface area contributed by atoms with Crippen molar-refractivity contribution < 1.29 is 18.7 Å². The molecule has 0 spiro atoms. The molecule has 1 heterocycles. The van der Waals surface area contributed by atoms with Gasteiger partial charge in [-0.05, 0) is 43.0 Å². The van der Waals surface area contributed by atoms with Crippen molar-refractivity contribution >= 4 is 17.5 Å². The summed E-state index contributed by atoms with van der Waals surface area (Å²) in [5.74, 6) is -0.270. The molecule has 142 valence electrons. The number of rotatable bonds is 5. The summed E-state index contributed by atoms with van der Waals surface area (Å²) in [4.78, 5) is 26.7. The standard InChI is InChI=1S/C21H23FN2O3/c1-15-7-6-12-24(13-15)21(26)16-8-2-5-11-19(16)27-14-20(25)23-18-10-4-3-9-17(18)22/h2-5,8-11,15H,6-7,12-14H2,1H3,(H,23,25). The molecule has 1 saturated heterocycles. The minimum Gasteiger partial charge on any atom is -0.483 e. The summed E-state index contributed by atoms with van der Waals surface area (Å²) >= 11 is 0. The van der Waals surface area contributed by atoms with Crippen molar-refractivity contribution in [3.8, 4) is 5.75 Å². The first-order chi connectivity index (χ1) is 13.0. The van der Waals surface area contributed by atoms with E-state index in [1.54, 1.807) is 36.4 Å². The average molecular weight is 370 g/mol. The first kappa shape index (κ1) is 18.9. The van der Waals surface area contributed by atoms with Gasteiger partial charge < -0.3 is 15.0 Å². The molecule has 1 atom stereocenters. The normalized spacial score (nSPS) is 16.7. The lowest BCUT2D eigenvalue weighted by Gasteiger charge is -2.31. The number of para-hydroxylation sites is 2. The van der Waals surface area contributed by atoms with E-state index in [9.17, 15) is 14.0 Å². The third kappa shape index (κ3) is 4.84. The van der Waals surface area contributed by atoms with Crippen LogP contribution in [-0.2, 0) is 4.79 Å². The molecular weight excluding hydrogens is 347 g/mol. The summed E-state index contributed by atoms with van der Waals surface area (Å²) in [6, 6.07) is 12.8. The Balaban J connectivity index is 1.64. The van der Waals surface area contributed by atoms with Crippen molar-refractivity contribution in [2.24, 2.45) is 5.92 Å². The minimum atomic E-state index is -0.513. The van der Waals surface area contributed by atoms with Gasteiger partial charge in [-0.3, -0.25) is 9.59 Å². The van der Waals surface area contributed by atoms with Crippen molar-refractivity contribution in [1.29, 1.82) is 0 Å². The molecule has 0 saturated carbocycles. The van der Waals surface area contributed by atoms with Crippen LogP contribution in [-0.4, -0.2) is 36.4 Å². The number of halogens is 1. The number of nitrogens with one attached hydrogen (secondary N) is 1. The Morgan fingerprint density at radius 1 is 1.19 bits per heavy atom. The van der Waals surface area contributed by atoms with Crippen LogP contribution in [0.1, 0.15) is 30.1 Å². The van der Waals surface area contributed by atoms with Crippen LogP contribution in [0.15, 0.2) is 48.5 Å². The zero-order chi connectivity index (χ0) is 19.2. The third-order valence-electron chi connectivity index (χ3n) is 4.57. The second-order valence-electron chi connectivity index (χ2n) is 6.81. The van der Waals surface area contributed by atoms with E-state index in [2.05, 4.69) is 12.2 Å². The largest absolute Gasteiger partial charge is 0.483 e. The maximum Gasteiger partial charge on any atom is 0.262 e. The van der Waals surface area contributed by atoms with E-state index >= 15 is 0 Å². The fourth-order valence-electron chi connectivity index (χ4n) is 3.21. The summed E-state index contributed by atoms with van der Waals surface area (Å²) in [6.45, 7) is 3.27. The number of amides is 2. The highest BCUT2D eigenvalue weighted by atomic mass is 19.1. The van der Waals surface area contributed by atoms with Crippen molar-refractivity contribution in [2.45, 2.75) is 19.8 Å². The third-order valence-corrected chi connectivity index (χ3v) is 4.57. The van der Waals surface area contributed by atoms with Crippen molar-refractivity contribution in [2.75, 3.05) is 25.0 Å². The number of hydrogen-bond donors (Lipinski definition) is 1. The predicted molar refractivity (Wildman–Crippen MR) is 101 cm³/mol. The summed E-state index contributed by atoms with van der Waals surface area (Å²) < 4.78 is 19.2. The van der Waals surface area contributed by atoms with E-state index in [4.69, 9.17) is 4.74 Å². The van der Waals surface area contributed by atoms with Gasteiger partial charge in [0.05, 0.1) is 11.3 Å². The first-order valence-corrected chi connectivity index (χ1v) is 9.10. The fourth-order valence-corrected chi connectivity index (χ4v) is 3.21. The highest BCUT2D eigenvalue weighted by Gasteiger charge is 2.24. The molecule has 1 aliphatic heterocycles. The summed E-state index contributed by atoms with van der Waals surface area (Å²) in [5.41, 5.74) is 0.531. The number of likely N-dealkylation sites (tertiary alicyclic amines) is 1. The van der Waals surface area contributed by atoms with Crippen LogP contribution >= 0.6 is 0 Å². The quantitative estimate of drug-likeness (QED) is 0.873. The first-order valence-electron chi connectivity index (χ1n) is 9.10. The highest BCUT2D eigenvalue weighted by Crippen LogP contribution is 2.23. The molecule has 1 fully saturated rings. The van der Waals surface area contributed by atoms with Gasteiger partial charge in [-0.1, -0.05) is 31.2 Å². The lowest BCUT2D eigenvalue weighted by molar-refractivity contribution is -0.118. The minimum absolute atomic E-state index is 0.0911. The number of carbonyl (C=O) groups excluding carboxylic acids is 2. The molecule has 0 aromatic heterocycles. The Bertz CT molecular complexity index is 825. The van der Waals surface area contributed by atoms with Gasteiger partial charge in [-0.25, -0.2) is 4.39 Å². The van der Waals surface area contributed by atoms with Gasteiger partial charge in [-0.2, -0.15) is 0 Å². The number of carbonyl (C=O) groups is 2. The molecule has 0 aliphatic carbocycles. The van der Waals surface area contributed by atoms with E-state index in [1.165, 1.54) is 12.1 Å². The van der Waals surface area contributed by atoms with Crippen LogP contribution < -0.4 is 10.1 Å². The van der Waals surface area contributed by atoms with Gasteiger partial charge in [0.2, 0.25) is 0 Å². The molecule has 3 rings (SSSR count). The molecule has 2 aromatic rings. The summed E-state index contributed by atoms with van der Waals surface area (Å²) in [5, 5.41) is 2.46. The van der Waals surface area contributed by atoms with E-state index < -0.39 is 11.7 Å². The number of piperidine rings is 1. The Hall–Kier alpha value is -2.89. The molecule has 0 bridgehead atoms. The van der Waals surface area contributed by atoms with Crippen molar-refractivity contribution in [3.05, 3.63) is 59.9 Å². The maximum absolute atomic E-state index is 13.6. The van der Waals surface area contributed by atoms with E-state index in [1.807, 2.05) is 4.90 Å². The molecule has 1 N–H and O–H groups in total. The summed E-state index contributed by atoms with van der Waals surface area (Å²) in [6.07, 6.45) is 2.11. The van der Waals surface area contributed by atoms with E-state index in [0.717, 1.165) is 25.9 Å². The van der Waals surface area contributed by atoms with E-state index in [0.29, 0.717) is 17.2 Å². The van der Waals surface area contributed by atoms with Crippen molar-refractivity contribution in [3.63, 3.8) is 0 Å². The second kappa shape index (κ2) is 8.66. The number of hydrogen-bond acceptors (Lipinski definition) is 3. The van der Waals surface area contributed by atoms with E-state index in [-0.39, 0.29) is 18.2 Å². The van der Waals surface area contributed by atoms with Gasteiger partial charge in [-0.15, -0.1) is 0 Å². The van der Waals surface area contributed by atoms with Gasteiger partial charge in [0.1, 0.15) is 11.6 Å². The number of nitrogens with zero attached hydrogens (tertiary/aromatic N) is 1. The Morgan fingerprint density at radius 3 is 2.70 bits per heavy atom. The van der Waals surface area contributed by atoms with Gasteiger partial charge in [0, 0.05) is 13.1 Å². The molecule has 27 heavy (non-hydrogen) atoms. The molecule has 5 nitrogen and oxygen atoms in total. The summed E-state index contributed by atoms with van der Waals surface area (Å²) in [7, 11) is 0. The smallest absolute Gasteiger partial charge is 0.262 e. The lowest BCUT2D eigenvalue weighted by Crippen LogP contribution is -2.39. The predicted octanol–water partition coefficient (Wildman–Crippen LogP) is 3.72. The fraction of sp³-hybridized carbons (Fsp3) is 0.333. The van der Waals surface area contributed by atoms with Crippen LogP contribution in [0.4, 0.5) is 10.1 Å². The van der Waals surface area contributed by atoms with Gasteiger partial charge in [0.15, 0.2) is 6.61 Å². The SMILES string of the molecule is CC1CCCN(C(=O)c2ccccc2OCC(=O)Nc2ccccc2F)C1. The molecule has 0 radical (unpaired) electrons. The Labute approximate surface area is 158 Å². The molecule has 2 aromatic carbocycles. The Kier molecular flexibility index (Phi) is 6.06. The molecule has 1 unspecified atom stereocenters. The monoisotopic (exact) mass is 370 g/mol. The lowest BCUT2D eigenvalue weighted by atomic mass is 9.99. The molecule has 6 heteroatoms. The van der Waals surface area contributed by atoms with Crippen molar-refractivity contribution in [1.82, 2.24) is 4.90 Å².